The zero-order valence-electron chi connectivity index (χ0n) is 13.5. The average molecular weight is 337 g/mol. The van der Waals surface area contributed by atoms with Crippen LogP contribution in [0.25, 0.3) is 0 Å². The molecule has 0 spiro atoms. The van der Waals surface area contributed by atoms with Crippen LogP contribution in [0.5, 0.6) is 0 Å². The Morgan fingerprint density at radius 3 is 2.78 bits per heavy atom. The molecule has 0 aromatic heterocycles. The van der Waals surface area contributed by atoms with Crippen molar-refractivity contribution in [1.29, 1.82) is 0 Å². The highest BCUT2D eigenvalue weighted by Crippen LogP contribution is 2.16. The van der Waals surface area contributed by atoms with Gasteiger partial charge < -0.3 is 9.64 Å². The molecule has 0 radical (unpaired) electrons. The largest absolute Gasteiger partial charge is 0.377 e. The van der Waals surface area contributed by atoms with Gasteiger partial charge in [0.05, 0.1) is 6.10 Å². The number of piperazine rings is 1. The van der Waals surface area contributed by atoms with Crippen LogP contribution in [0, 0.1) is 0 Å². The topological polar surface area (TPSA) is 32.8 Å². The van der Waals surface area contributed by atoms with Crippen molar-refractivity contribution in [3.8, 4) is 0 Å². The number of carbonyl (C=O) groups excluding carboxylic acids is 1. The van der Waals surface area contributed by atoms with E-state index in [9.17, 15) is 4.79 Å². The van der Waals surface area contributed by atoms with E-state index in [-0.39, 0.29) is 5.91 Å². The summed E-state index contributed by atoms with van der Waals surface area (Å²) in [4.78, 5) is 16.8. The van der Waals surface area contributed by atoms with Crippen molar-refractivity contribution in [2.45, 2.75) is 31.8 Å². The lowest BCUT2D eigenvalue weighted by Gasteiger charge is -2.35. The minimum Gasteiger partial charge on any atom is -0.377 e. The summed E-state index contributed by atoms with van der Waals surface area (Å²) in [5.74, 6) is 0.252. The molecule has 2 fully saturated rings. The zero-order chi connectivity index (χ0) is 16.1. The van der Waals surface area contributed by atoms with Gasteiger partial charge in [0.25, 0.3) is 0 Å². The molecule has 1 aromatic carbocycles. The van der Waals surface area contributed by atoms with Crippen molar-refractivity contribution >= 4 is 17.5 Å². The standard InChI is InChI=1S/C18H25ClN2O2/c19-16-4-1-3-15(13-16)6-7-18(22)21-10-8-20(9-11-21)14-17-5-2-12-23-17/h1,3-4,13,17H,2,5-12,14H2. The van der Waals surface area contributed by atoms with E-state index >= 15 is 0 Å². The van der Waals surface area contributed by atoms with Crippen LogP contribution in [0.3, 0.4) is 0 Å². The Morgan fingerprint density at radius 1 is 1.26 bits per heavy atom. The quantitative estimate of drug-likeness (QED) is 0.828. The molecular weight excluding hydrogens is 312 g/mol. The van der Waals surface area contributed by atoms with Crippen LogP contribution in [0.2, 0.25) is 5.02 Å². The smallest absolute Gasteiger partial charge is 0.222 e. The van der Waals surface area contributed by atoms with Crippen molar-refractivity contribution in [3.05, 3.63) is 34.9 Å². The van der Waals surface area contributed by atoms with Crippen LogP contribution in [0.1, 0.15) is 24.8 Å². The molecule has 0 aliphatic carbocycles. The molecule has 1 amide bonds. The Balaban J connectivity index is 1.39. The summed E-state index contributed by atoms with van der Waals surface area (Å²) in [6.45, 7) is 5.52. The van der Waals surface area contributed by atoms with Gasteiger partial charge >= 0.3 is 0 Å². The van der Waals surface area contributed by atoms with Crippen LogP contribution in [-0.2, 0) is 16.0 Å². The first-order chi connectivity index (χ1) is 11.2. The number of ether oxygens (including phenoxy) is 1. The van der Waals surface area contributed by atoms with Gasteiger partial charge in [0.2, 0.25) is 5.91 Å². The van der Waals surface area contributed by atoms with Gasteiger partial charge in [-0.2, -0.15) is 0 Å². The van der Waals surface area contributed by atoms with Gasteiger partial charge in [-0.3, -0.25) is 9.69 Å². The van der Waals surface area contributed by atoms with E-state index in [0.29, 0.717) is 12.5 Å². The van der Waals surface area contributed by atoms with E-state index in [1.807, 2.05) is 29.2 Å². The normalized spacial score (nSPS) is 22.5. The fourth-order valence-corrected chi connectivity index (χ4v) is 3.57. The van der Waals surface area contributed by atoms with Gasteiger partial charge in [0.15, 0.2) is 0 Å². The number of aryl methyl sites for hydroxylation is 1. The Kier molecular flexibility index (Phi) is 5.92. The summed E-state index contributed by atoms with van der Waals surface area (Å²) in [5, 5.41) is 0.734. The van der Waals surface area contributed by atoms with Gasteiger partial charge in [-0.1, -0.05) is 23.7 Å². The van der Waals surface area contributed by atoms with Crippen LogP contribution in [0.15, 0.2) is 24.3 Å². The molecule has 1 unspecified atom stereocenters. The molecule has 0 N–H and O–H groups in total. The lowest BCUT2D eigenvalue weighted by molar-refractivity contribution is -0.133. The Morgan fingerprint density at radius 2 is 2.09 bits per heavy atom. The molecule has 2 aliphatic rings. The van der Waals surface area contributed by atoms with E-state index < -0.39 is 0 Å². The third kappa shape index (κ3) is 4.93. The number of carbonyl (C=O) groups is 1. The van der Waals surface area contributed by atoms with E-state index in [2.05, 4.69) is 4.90 Å². The van der Waals surface area contributed by atoms with Crippen LogP contribution in [-0.4, -0.2) is 61.1 Å². The maximum atomic E-state index is 12.4. The Hall–Kier alpha value is -1.10. The molecular formula is C18H25ClN2O2. The van der Waals surface area contributed by atoms with E-state index in [4.69, 9.17) is 16.3 Å². The lowest BCUT2D eigenvalue weighted by atomic mass is 10.1. The first-order valence-electron chi connectivity index (χ1n) is 8.57. The Bertz CT molecular complexity index is 524. The van der Waals surface area contributed by atoms with Crippen molar-refractivity contribution < 1.29 is 9.53 Å². The van der Waals surface area contributed by atoms with Gasteiger partial charge in [-0.25, -0.2) is 0 Å². The minimum absolute atomic E-state index is 0.252. The highest BCUT2D eigenvalue weighted by molar-refractivity contribution is 6.30. The highest BCUT2D eigenvalue weighted by Gasteiger charge is 2.24. The molecule has 2 heterocycles. The molecule has 4 nitrogen and oxygen atoms in total. The molecule has 23 heavy (non-hydrogen) atoms. The van der Waals surface area contributed by atoms with Crippen molar-refractivity contribution in [1.82, 2.24) is 9.80 Å². The third-order valence-corrected chi connectivity index (χ3v) is 4.96. The third-order valence-electron chi connectivity index (χ3n) is 4.73. The first kappa shape index (κ1) is 16.7. The molecule has 5 heteroatoms. The van der Waals surface area contributed by atoms with E-state index in [1.165, 1.54) is 12.8 Å². The number of hydrogen-bond donors (Lipinski definition) is 0. The van der Waals surface area contributed by atoms with Crippen molar-refractivity contribution in [2.75, 3.05) is 39.3 Å². The van der Waals surface area contributed by atoms with Crippen LogP contribution >= 0.6 is 11.6 Å². The molecule has 2 aliphatic heterocycles. The van der Waals surface area contributed by atoms with Crippen molar-refractivity contribution in [2.24, 2.45) is 0 Å². The summed E-state index contributed by atoms with van der Waals surface area (Å²) in [6, 6.07) is 7.76. The molecule has 2 saturated heterocycles. The molecule has 3 rings (SSSR count). The number of benzene rings is 1. The second-order valence-electron chi connectivity index (χ2n) is 6.45. The second kappa shape index (κ2) is 8.13. The van der Waals surface area contributed by atoms with Crippen molar-refractivity contribution in [3.63, 3.8) is 0 Å². The number of halogens is 1. The maximum Gasteiger partial charge on any atom is 0.222 e. The molecule has 0 bridgehead atoms. The van der Waals surface area contributed by atoms with Gasteiger partial charge in [-0.15, -0.1) is 0 Å². The molecule has 1 atom stereocenters. The minimum atomic E-state index is 0.252. The van der Waals surface area contributed by atoms with Gasteiger partial charge in [0, 0.05) is 50.8 Å². The van der Waals surface area contributed by atoms with Gasteiger partial charge in [-0.05, 0) is 37.0 Å². The second-order valence-corrected chi connectivity index (χ2v) is 6.88. The van der Waals surface area contributed by atoms with Gasteiger partial charge in [0.1, 0.15) is 0 Å². The fourth-order valence-electron chi connectivity index (χ4n) is 3.36. The van der Waals surface area contributed by atoms with E-state index in [0.717, 1.165) is 56.3 Å². The van der Waals surface area contributed by atoms with E-state index in [1.54, 1.807) is 0 Å². The van der Waals surface area contributed by atoms with Crippen LogP contribution < -0.4 is 0 Å². The summed E-state index contributed by atoms with van der Waals surface area (Å²) >= 11 is 5.98. The van der Waals surface area contributed by atoms with Crippen LogP contribution in [0.4, 0.5) is 0 Å². The lowest BCUT2D eigenvalue weighted by Crippen LogP contribution is -2.50. The average Bonchev–Trinajstić information content (AvgIpc) is 3.06. The molecule has 0 saturated carbocycles. The molecule has 1 aromatic rings. The Labute approximate surface area is 143 Å². The predicted octanol–water partition coefficient (Wildman–Crippen LogP) is 2.60. The summed E-state index contributed by atoms with van der Waals surface area (Å²) < 4.78 is 5.69. The SMILES string of the molecule is O=C(CCc1cccc(Cl)c1)N1CCN(CC2CCCO2)CC1. The zero-order valence-corrected chi connectivity index (χ0v) is 14.3. The molecule has 126 valence electrons. The fraction of sp³-hybridized carbons (Fsp3) is 0.611. The first-order valence-corrected chi connectivity index (χ1v) is 8.95. The predicted molar refractivity (Wildman–Crippen MR) is 91.8 cm³/mol. The number of hydrogen-bond acceptors (Lipinski definition) is 3. The monoisotopic (exact) mass is 336 g/mol. The summed E-state index contributed by atoms with van der Waals surface area (Å²) in [7, 11) is 0. The number of nitrogens with zero attached hydrogens (tertiary/aromatic N) is 2. The maximum absolute atomic E-state index is 12.4. The number of rotatable bonds is 5. The number of amides is 1. The highest BCUT2D eigenvalue weighted by atomic mass is 35.5. The summed E-state index contributed by atoms with van der Waals surface area (Å²) in [5.41, 5.74) is 1.13. The summed E-state index contributed by atoms with van der Waals surface area (Å²) in [6.07, 6.45) is 4.09.